The summed E-state index contributed by atoms with van der Waals surface area (Å²) in [6.45, 7) is 6.02. The predicted molar refractivity (Wildman–Crippen MR) is 131 cm³/mol. The average molecular weight is 488 g/mol. The van der Waals surface area contributed by atoms with Crippen LogP contribution >= 0.6 is 0 Å². The summed E-state index contributed by atoms with van der Waals surface area (Å²) in [7, 11) is -3.64. The molecule has 2 aromatic carbocycles. The lowest BCUT2D eigenvalue weighted by Crippen LogP contribution is -2.43. The van der Waals surface area contributed by atoms with E-state index in [0.29, 0.717) is 57.2 Å². The van der Waals surface area contributed by atoms with E-state index in [2.05, 4.69) is 29.3 Å². The third kappa shape index (κ3) is 5.64. The number of carbonyl (C=O) groups is 1. The molecule has 2 aromatic rings. The quantitative estimate of drug-likeness (QED) is 0.548. The van der Waals surface area contributed by atoms with Gasteiger partial charge in [0, 0.05) is 50.4 Å². The van der Waals surface area contributed by atoms with Gasteiger partial charge in [0.05, 0.1) is 4.90 Å². The fourth-order valence-electron chi connectivity index (χ4n) is 4.43. The second-order valence-corrected chi connectivity index (χ2v) is 10.5. The number of fused-ring (bicyclic) bond motifs is 1. The van der Waals surface area contributed by atoms with Gasteiger partial charge in [0.1, 0.15) is 13.2 Å². The Labute approximate surface area is 201 Å². The number of nitrogens with zero attached hydrogens (tertiary/aromatic N) is 2. The van der Waals surface area contributed by atoms with Crippen molar-refractivity contribution in [3.05, 3.63) is 48.5 Å². The Kier molecular flexibility index (Phi) is 7.95. The molecule has 1 N–H and O–H groups in total. The third-order valence-electron chi connectivity index (χ3n) is 6.38. The number of rotatable bonds is 9. The molecule has 9 heteroatoms. The lowest BCUT2D eigenvalue weighted by atomic mass is 9.97. The number of hydrogen-bond acceptors (Lipinski definition) is 6. The molecule has 0 unspecified atom stereocenters. The predicted octanol–water partition coefficient (Wildman–Crippen LogP) is 2.89. The molecule has 2 heterocycles. The van der Waals surface area contributed by atoms with Crippen molar-refractivity contribution in [2.24, 2.45) is 5.92 Å². The van der Waals surface area contributed by atoms with Crippen LogP contribution in [0.1, 0.15) is 26.2 Å². The molecule has 0 aliphatic carbocycles. The zero-order valence-corrected chi connectivity index (χ0v) is 20.4. The van der Waals surface area contributed by atoms with Gasteiger partial charge in [0.2, 0.25) is 15.9 Å². The van der Waals surface area contributed by atoms with Gasteiger partial charge < -0.3 is 19.7 Å². The first-order valence-corrected chi connectivity index (χ1v) is 13.4. The van der Waals surface area contributed by atoms with E-state index in [1.807, 2.05) is 18.2 Å². The normalized spacial score (nSPS) is 16.7. The zero-order valence-electron chi connectivity index (χ0n) is 19.6. The smallest absolute Gasteiger partial charge is 0.243 e. The van der Waals surface area contributed by atoms with E-state index < -0.39 is 10.0 Å². The van der Waals surface area contributed by atoms with Crippen molar-refractivity contribution in [2.45, 2.75) is 31.1 Å². The van der Waals surface area contributed by atoms with Crippen LogP contribution in [0.25, 0.3) is 0 Å². The molecule has 1 amide bonds. The van der Waals surface area contributed by atoms with Crippen LogP contribution in [-0.4, -0.2) is 64.6 Å². The molecule has 0 radical (unpaired) electrons. The molecule has 4 rings (SSSR count). The zero-order chi connectivity index (χ0) is 24.0. The number of anilines is 1. The second-order valence-electron chi connectivity index (χ2n) is 8.54. The molecule has 1 fully saturated rings. The van der Waals surface area contributed by atoms with Crippen LogP contribution in [-0.2, 0) is 14.8 Å². The van der Waals surface area contributed by atoms with E-state index in [1.54, 1.807) is 12.1 Å². The van der Waals surface area contributed by atoms with Crippen LogP contribution < -0.4 is 19.7 Å². The van der Waals surface area contributed by atoms with Crippen molar-refractivity contribution in [3.63, 3.8) is 0 Å². The Morgan fingerprint density at radius 3 is 2.47 bits per heavy atom. The number of piperidine rings is 1. The minimum atomic E-state index is -3.64. The third-order valence-corrected chi connectivity index (χ3v) is 8.28. The highest BCUT2D eigenvalue weighted by Crippen LogP contribution is 2.34. The summed E-state index contributed by atoms with van der Waals surface area (Å²) in [6.07, 6.45) is 1.88. The Hall–Kier alpha value is -2.78. The van der Waals surface area contributed by atoms with Gasteiger partial charge in [-0.1, -0.05) is 18.2 Å². The lowest BCUT2D eigenvalue weighted by molar-refractivity contribution is -0.126. The van der Waals surface area contributed by atoms with Gasteiger partial charge in [-0.2, -0.15) is 4.31 Å². The molecule has 0 saturated carbocycles. The molecule has 1 saturated heterocycles. The molecule has 34 heavy (non-hydrogen) atoms. The number of ether oxygens (including phenoxy) is 2. The Bertz CT molecular complexity index is 1070. The number of carbonyl (C=O) groups excluding carboxylic acids is 1. The van der Waals surface area contributed by atoms with Crippen molar-refractivity contribution < 1.29 is 22.7 Å². The first-order chi connectivity index (χ1) is 16.5. The summed E-state index contributed by atoms with van der Waals surface area (Å²) >= 11 is 0. The lowest BCUT2D eigenvalue weighted by Gasteiger charge is -2.31. The highest BCUT2D eigenvalue weighted by atomic mass is 32.2. The van der Waals surface area contributed by atoms with Gasteiger partial charge in [0.25, 0.3) is 0 Å². The SMILES string of the molecule is CCN(CCCNC(=O)C1CCN(S(=O)(=O)c2ccc3c(c2)OCCO3)CC1)c1ccccc1. The maximum absolute atomic E-state index is 13.1. The molecule has 0 aromatic heterocycles. The summed E-state index contributed by atoms with van der Waals surface area (Å²) < 4.78 is 38.7. The number of nitrogens with one attached hydrogen (secondary N) is 1. The molecule has 0 bridgehead atoms. The standard InChI is InChI=1S/C25H33N3O5S/c1-2-27(21-7-4-3-5-8-21)14-6-13-26-25(29)20-11-15-28(16-12-20)34(30,31)22-9-10-23-24(19-22)33-18-17-32-23/h3-5,7-10,19-20H,2,6,11-18H2,1H3,(H,26,29). The van der Waals surface area contributed by atoms with E-state index in [9.17, 15) is 13.2 Å². The summed E-state index contributed by atoms with van der Waals surface area (Å²) in [5.74, 6) is 0.865. The number of amides is 1. The van der Waals surface area contributed by atoms with E-state index in [4.69, 9.17) is 9.47 Å². The highest BCUT2D eigenvalue weighted by Gasteiger charge is 2.32. The van der Waals surface area contributed by atoms with E-state index >= 15 is 0 Å². The molecule has 0 spiro atoms. The van der Waals surface area contributed by atoms with E-state index in [0.717, 1.165) is 19.5 Å². The Balaban J connectivity index is 1.23. The van der Waals surface area contributed by atoms with E-state index in [-0.39, 0.29) is 16.7 Å². The van der Waals surface area contributed by atoms with Crippen molar-refractivity contribution in [1.82, 2.24) is 9.62 Å². The first-order valence-electron chi connectivity index (χ1n) is 12.0. The Morgan fingerprint density at radius 1 is 1.06 bits per heavy atom. The van der Waals surface area contributed by atoms with Gasteiger partial charge in [-0.25, -0.2) is 8.42 Å². The van der Waals surface area contributed by atoms with Gasteiger partial charge in [0.15, 0.2) is 11.5 Å². The minimum absolute atomic E-state index is 0.0131. The largest absolute Gasteiger partial charge is 0.486 e. The summed E-state index contributed by atoms with van der Waals surface area (Å²) in [5, 5.41) is 3.04. The van der Waals surface area contributed by atoms with Crippen LogP contribution in [0.2, 0.25) is 0 Å². The monoisotopic (exact) mass is 487 g/mol. The van der Waals surface area contributed by atoms with Gasteiger partial charge >= 0.3 is 0 Å². The van der Waals surface area contributed by atoms with Crippen LogP contribution in [0.5, 0.6) is 11.5 Å². The summed E-state index contributed by atoms with van der Waals surface area (Å²) in [5.41, 5.74) is 1.18. The van der Waals surface area contributed by atoms with Gasteiger partial charge in [-0.3, -0.25) is 4.79 Å². The molecular weight excluding hydrogens is 454 g/mol. The van der Waals surface area contributed by atoms with Crippen LogP contribution in [0.15, 0.2) is 53.4 Å². The molecule has 2 aliphatic rings. The summed E-state index contributed by atoms with van der Waals surface area (Å²) in [4.78, 5) is 15.1. The highest BCUT2D eigenvalue weighted by molar-refractivity contribution is 7.89. The Morgan fingerprint density at radius 2 is 1.76 bits per heavy atom. The van der Waals surface area contributed by atoms with E-state index in [1.165, 1.54) is 16.1 Å². The molecule has 2 aliphatic heterocycles. The van der Waals surface area contributed by atoms with Crippen LogP contribution in [0.4, 0.5) is 5.69 Å². The molecule has 0 atom stereocenters. The van der Waals surface area contributed by atoms with Gasteiger partial charge in [-0.05, 0) is 50.5 Å². The number of benzene rings is 2. The molecule has 184 valence electrons. The second kappa shape index (κ2) is 11.1. The fraction of sp³-hybridized carbons (Fsp3) is 0.480. The number of sulfonamides is 1. The number of para-hydroxylation sites is 1. The maximum atomic E-state index is 13.1. The van der Waals surface area contributed by atoms with Gasteiger partial charge in [-0.15, -0.1) is 0 Å². The average Bonchev–Trinajstić information content (AvgIpc) is 2.89. The van der Waals surface area contributed by atoms with Crippen LogP contribution in [0.3, 0.4) is 0 Å². The van der Waals surface area contributed by atoms with Crippen molar-refractivity contribution in [1.29, 1.82) is 0 Å². The van der Waals surface area contributed by atoms with Crippen LogP contribution in [0, 0.1) is 5.92 Å². The fourth-order valence-corrected chi connectivity index (χ4v) is 5.91. The number of hydrogen-bond donors (Lipinski definition) is 1. The molecule has 8 nitrogen and oxygen atoms in total. The minimum Gasteiger partial charge on any atom is -0.486 e. The first kappa shape index (κ1) is 24.3. The molecular formula is C25H33N3O5S. The van der Waals surface area contributed by atoms with Crippen molar-refractivity contribution >= 4 is 21.6 Å². The maximum Gasteiger partial charge on any atom is 0.243 e. The summed E-state index contributed by atoms with van der Waals surface area (Å²) in [6, 6.07) is 15.0. The van der Waals surface area contributed by atoms with Crippen molar-refractivity contribution in [2.75, 3.05) is 50.8 Å². The van der Waals surface area contributed by atoms with Crippen molar-refractivity contribution in [3.8, 4) is 11.5 Å². The topological polar surface area (TPSA) is 88.2 Å².